The Morgan fingerprint density at radius 2 is 1.71 bits per heavy atom. The Morgan fingerprint density at radius 1 is 1.10 bits per heavy atom. The molecule has 0 aromatic heterocycles. The summed E-state index contributed by atoms with van der Waals surface area (Å²) in [5.74, 6) is 0.722. The van der Waals surface area contributed by atoms with Crippen molar-refractivity contribution in [1.29, 1.82) is 0 Å². The van der Waals surface area contributed by atoms with Gasteiger partial charge in [-0.15, -0.1) is 0 Å². The third kappa shape index (κ3) is 6.09. The minimum absolute atomic E-state index is 0.361. The fourth-order valence-electron chi connectivity index (χ4n) is 2.97. The first-order chi connectivity index (χ1) is 9.88. The number of anilines is 1. The van der Waals surface area contributed by atoms with Crippen LogP contribution in [0.2, 0.25) is 0 Å². The molecule has 120 valence electrons. The predicted octanol–water partition coefficient (Wildman–Crippen LogP) is 4.61. The van der Waals surface area contributed by atoms with Gasteiger partial charge >= 0.3 is 0 Å². The summed E-state index contributed by atoms with van der Waals surface area (Å²) in [7, 11) is 0. The smallest absolute Gasteiger partial charge is 0.0366 e. The van der Waals surface area contributed by atoms with Gasteiger partial charge in [0, 0.05) is 18.8 Å². The van der Waals surface area contributed by atoms with Gasteiger partial charge < -0.3 is 10.6 Å². The first-order valence-electron chi connectivity index (χ1n) is 8.40. The molecule has 0 aliphatic rings. The second kappa shape index (κ2) is 8.43. The molecule has 2 heteroatoms. The summed E-state index contributed by atoms with van der Waals surface area (Å²) in [5, 5.41) is 0. The van der Waals surface area contributed by atoms with E-state index in [1.54, 1.807) is 0 Å². The standard InChI is InChI=1S/C19H34N2/c1-6-21(18-11-9-16(2)10-12-18)15-7-8-17(13-14-20)19(3,4)5/h9-12,17H,6-8,13-15,20H2,1-5H3. The van der Waals surface area contributed by atoms with E-state index in [0.29, 0.717) is 5.41 Å². The summed E-state index contributed by atoms with van der Waals surface area (Å²) >= 11 is 0. The van der Waals surface area contributed by atoms with Gasteiger partial charge in [0.25, 0.3) is 0 Å². The van der Waals surface area contributed by atoms with Gasteiger partial charge in [-0.05, 0) is 63.1 Å². The largest absolute Gasteiger partial charge is 0.372 e. The van der Waals surface area contributed by atoms with Crippen molar-refractivity contribution < 1.29 is 0 Å². The number of nitrogens with zero attached hydrogens (tertiary/aromatic N) is 1. The molecule has 1 aromatic rings. The highest BCUT2D eigenvalue weighted by Gasteiger charge is 2.23. The summed E-state index contributed by atoms with van der Waals surface area (Å²) in [5.41, 5.74) is 8.81. The number of hydrogen-bond donors (Lipinski definition) is 1. The fraction of sp³-hybridized carbons (Fsp3) is 0.684. The van der Waals surface area contributed by atoms with Crippen LogP contribution < -0.4 is 10.6 Å². The number of rotatable bonds is 8. The molecule has 1 unspecified atom stereocenters. The summed E-state index contributed by atoms with van der Waals surface area (Å²) in [6.07, 6.45) is 3.65. The van der Waals surface area contributed by atoms with Crippen molar-refractivity contribution in [2.24, 2.45) is 17.1 Å². The monoisotopic (exact) mass is 290 g/mol. The van der Waals surface area contributed by atoms with Crippen molar-refractivity contribution >= 4 is 5.69 Å². The highest BCUT2D eigenvalue weighted by Crippen LogP contribution is 2.32. The Balaban J connectivity index is 2.53. The predicted molar refractivity (Wildman–Crippen MR) is 94.9 cm³/mol. The second-order valence-electron chi connectivity index (χ2n) is 7.20. The van der Waals surface area contributed by atoms with E-state index in [4.69, 9.17) is 5.73 Å². The normalized spacial score (nSPS) is 13.2. The minimum atomic E-state index is 0.361. The summed E-state index contributed by atoms with van der Waals surface area (Å²) < 4.78 is 0. The van der Waals surface area contributed by atoms with E-state index in [1.165, 1.54) is 24.1 Å². The summed E-state index contributed by atoms with van der Waals surface area (Å²) in [6, 6.07) is 8.87. The molecule has 0 spiro atoms. The molecule has 1 rings (SSSR count). The van der Waals surface area contributed by atoms with Gasteiger partial charge in [0.05, 0.1) is 0 Å². The van der Waals surface area contributed by atoms with Crippen molar-refractivity contribution in [2.75, 3.05) is 24.5 Å². The highest BCUT2D eigenvalue weighted by molar-refractivity contribution is 5.47. The molecule has 1 aromatic carbocycles. The molecular weight excluding hydrogens is 256 g/mol. The van der Waals surface area contributed by atoms with Crippen LogP contribution in [0.15, 0.2) is 24.3 Å². The summed E-state index contributed by atoms with van der Waals surface area (Å²) in [4.78, 5) is 2.47. The number of benzene rings is 1. The van der Waals surface area contributed by atoms with Crippen molar-refractivity contribution in [3.63, 3.8) is 0 Å². The van der Waals surface area contributed by atoms with E-state index in [-0.39, 0.29) is 0 Å². The molecule has 2 N–H and O–H groups in total. The average Bonchev–Trinajstić information content (AvgIpc) is 2.42. The van der Waals surface area contributed by atoms with Crippen LogP contribution in [0.25, 0.3) is 0 Å². The molecule has 0 bridgehead atoms. The molecular formula is C19H34N2. The summed E-state index contributed by atoms with van der Waals surface area (Å²) in [6.45, 7) is 14.4. The van der Waals surface area contributed by atoms with Crippen LogP contribution in [-0.2, 0) is 0 Å². The van der Waals surface area contributed by atoms with Gasteiger partial charge in [-0.25, -0.2) is 0 Å². The van der Waals surface area contributed by atoms with E-state index in [1.807, 2.05) is 0 Å². The maximum Gasteiger partial charge on any atom is 0.0366 e. The molecule has 0 aliphatic carbocycles. The minimum Gasteiger partial charge on any atom is -0.372 e. The number of aryl methyl sites for hydroxylation is 1. The molecule has 0 aliphatic heterocycles. The molecule has 0 heterocycles. The van der Waals surface area contributed by atoms with E-state index in [2.05, 4.69) is 63.8 Å². The Labute approximate surface area is 131 Å². The van der Waals surface area contributed by atoms with Crippen molar-refractivity contribution in [1.82, 2.24) is 0 Å². The molecule has 1 atom stereocenters. The molecule has 0 amide bonds. The van der Waals surface area contributed by atoms with Crippen LogP contribution >= 0.6 is 0 Å². The lowest BCUT2D eigenvalue weighted by Crippen LogP contribution is -2.27. The van der Waals surface area contributed by atoms with Gasteiger partial charge in [-0.2, -0.15) is 0 Å². The topological polar surface area (TPSA) is 29.3 Å². The molecule has 0 saturated carbocycles. The maximum absolute atomic E-state index is 5.78. The van der Waals surface area contributed by atoms with E-state index in [9.17, 15) is 0 Å². The van der Waals surface area contributed by atoms with E-state index < -0.39 is 0 Å². The van der Waals surface area contributed by atoms with Crippen LogP contribution in [0.1, 0.15) is 52.5 Å². The van der Waals surface area contributed by atoms with Crippen LogP contribution in [0.3, 0.4) is 0 Å². The van der Waals surface area contributed by atoms with Crippen molar-refractivity contribution in [3.05, 3.63) is 29.8 Å². The van der Waals surface area contributed by atoms with Crippen LogP contribution in [0, 0.1) is 18.3 Å². The van der Waals surface area contributed by atoms with Gasteiger partial charge in [0.1, 0.15) is 0 Å². The van der Waals surface area contributed by atoms with Crippen LogP contribution in [0.4, 0.5) is 5.69 Å². The zero-order chi connectivity index (χ0) is 15.9. The molecule has 2 nitrogen and oxygen atoms in total. The molecule has 0 radical (unpaired) electrons. The lowest BCUT2D eigenvalue weighted by molar-refractivity contribution is 0.211. The molecule has 21 heavy (non-hydrogen) atoms. The zero-order valence-electron chi connectivity index (χ0n) is 14.7. The fourth-order valence-corrected chi connectivity index (χ4v) is 2.97. The second-order valence-corrected chi connectivity index (χ2v) is 7.20. The molecule has 0 fully saturated rings. The van der Waals surface area contributed by atoms with Crippen molar-refractivity contribution in [3.8, 4) is 0 Å². The van der Waals surface area contributed by atoms with Crippen LogP contribution in [0.5, 0.6) is 0 Å². The van der Waals surface area contributed by atoms with Crippen LogP contribution in [-0.4, -0.2) is 19.6 Å². The van der Waals surface area contributed by atoms with E-state index >= 15 is 0 Å². The third-order valence-electron chi connectivity index (χ3n) is 4.50. The highest BCUT2D eigenvalue weighted by atomic mass is 15.1. The Morgan fingerprint density at radius 3 is 2.19 bits per heavy atom. The first kappa shape index (κ1) is 18.0. The Hall–Kier alpha value is -1.02. The third-order valence-corrected chi connectivity index (χ3v) is 4.50. The average molecular weight is 290 g/mol. The van der Waals surface area contributed by atoms with Crippen molar-refractivity contribution in [2.45, 2.75) is 53.9 Å². The quantitative estimate of drug-likeness (QED) is 0.757. The van der Waals surface area contributed by atoms with Gasteiger partial charge in [0.2, 0.25) is 0 Å². The zero-order valence-corrected chi connectivity index (χ0v) is 14.7. The lowest BCUT2D eigenvalue weighted by atomic mass is 9.76. The van der Waals surface area contributed by atoms with Gasteiger partial charge in [-0.1, -0.05) is 38.5 Å². The Bertz CT molecular complexity index is 389. The first-order valence-corrected chi connectivity index (χ1v) is 8.40. The van der Waals surface area contributed by atoms with Gasteiger partial charge in [0.15, 0.2) is 0 Å². The Kier molecular flexibility index (Phi) is 7.24. The molecule has 0 saturated heterocycles. The lowest BCUT2D eigenvalue weighted by Gasteiger charge is -2.32. The number of nitrogens with two attached hydrogens (primary N) is 1. The van der Waals surface area contributed by atoms with Gasteiger partial charge in [-0.3, -0.25) is 0 Å². The number of hydrogen-bond acceptors (Lipinski definition) is 2. The maximum atomic E-state index is 5.78. The van der Waals surface area contributed by atoms with E-state index in [0.717, 1.165) is 32.0 Å². The SMILES string of the molecule is CCN(CCCC(CCN)C(C)(C)C)c1ccc(C)cc1.